The van der Waals surface area contributed by atoms with Crippen LogP contribution in [-0.4, -0.2) is 46.7 Å². The number of rotatable bonds is 8. The Morgan fingerprint density at radius 1 is 1.43 bits per heavy atom. The van der Waals surface area contributed by atoms with Gasteiger partial charge in [-0.05, 0) is 39.6 Å². The number of aryl methyl sites for hydroxylation is 1. The summed E-state index contributed by atoms with van der Waals surface area (Å²) in [4.78, 5) is 11.0. The smallest absolute Gasteiger partial charge is 0.312 e. The summed E-state index contributed by atoms with van der Waals surface area (Å²) in [5.74, 6) is -0.211. The lowest BCUT2D eigenvalue weighted by Gasteiger charge is -2.37. The van der Waals surface area contributed by atoms with E-state index in [1.54, 1.807) is 24.7 Å². The Kier molecular flexibility index (Phi) is 5.98. The second-order valence-corrected chi connectivity index (χ2v) is 6.15. The Morgan fingerprint density at radius 2 is 2.10 bits per heavy atom. The Balaban J connectivity index is 2.44. The number of carbonyl (C=O) groups is 1. The largest absolute Gasteiger partial charge is 0.469 e. The molecule has 0 unspecified atom stereocenters. The first-order chi connectivity index (χ1) is 9.65. The Labute approximate surface area is 126 Å². The molecule has 0 atom stereocenters. The third kappa shape index (κ3) is 5.51. The van der Waals surface area contributed by atoms with Gasteiger partial charge in [-0.15, -0.1) is 0 Å². The minimum absolute atomic E-state index is 0.211. The standard InChI is InChI=1S/C14H25BN2O4/c1-13(2,19)14(3,4)21-15-11-9-16-17(10-11)8-6-7-12(18)20-5/h9-10,15,19H,6-8H2,1-5H3. The van der Waals surface area contributed by atoms with Crippen molar-refractivity contribution < 1.29 is 19.3 Å². The number of carbonyl (C=O) groups excluding carboxylic acids is 1. The summed E-state index contributed by atoms with van der Waals surface area (Å²) < 4.78 is 12.1. The third-order valence-electron chi connectivity index (χ3n) is 3.76. The van der Waals surface area contributed by atoms with Crippen molar-refractivity contribution in [3.8, 4) is 0 Å². The van der Waals surface area contributed by atoms with E-state index < -0.39 is 11.2 Å². The lowest BCUT2D eigenvalue weighted by atomic mass is 9.84. The van der Waals surface area contributed by atoms with Crippen LogP contribution in [0.4, 0.5) is 0 Å². The molecule has 7 heteroatoms. The molecule has 21 heavy (non-hydrogen) atoms. The fourth-order valence-electron chi connectivity index (χ4n) is 1.53. The zero-order valence-corrected chi connectivity index (χ0v) is 13.5. The molecule has 1 aromatic rings. The van der Waals surface area contributed by atoms with Gasteiger partial charge in [-0.3, -0.25) is 9.48 Å². The zero-order valence-electron chi connectivity index (χ0n) is 13.5. The summed E-state index contributed by atoms with van der Waals surface area (Å²) in [7, 11) is 1.77. The van der Waals surface area contributed by atoms with E-state index in [2.05, 4.69) is 9.84 Å². The van der Waals surface area contributed by atoms with Crippen LogP contribution in [0.3, 0.4) is 0 Å². The molecule has 0 saturated carbocycles. The van der Waals surface area contributed by atoms with Crippen molar-refractivity contribution >= 4 is 18.9 Å². The van der Waals surface area contributed by atoms with E-state index in [0.717, 1.165) is 5.46 Å². The number of nitrogens with zero attached hydrogens (tertiary/aromatic N) is 2. The van der Waals surface area contributed by atoms with Crippen molar-refractivity contribution in [3.63, 3.8) is 0 Å². The summed E-state index contributed by atoms with van der Waals surface area (Å²) in [5.41, 5.74) is -0.644. The van der Waals surface area contributed by atoms with Crippen LogP contribution in [-0.2, 0) is 20.7 Å². The maximum Gasteiger partial charge on any atom is 0.312 e. The number of ether oxygens (including phenoxy) is 1. The monoisotopic (exact) mass is 296 g/mol. The van der Waals surface area contributed by atoms with Gasteiger partial charge in [0, 0.05) is 25.4 Å². The van der Waals surface area contributed by atoms with E-state index in [0.29, 0.717) is 26.9 Å². The molecule has 118 valence electrons. The zero-order chi connectivity index (χ0) is 16.1. The first kappa shape index (κ1) is 17.7. The van der Waals surface area contributed by atoms with Crippen molar-refractivity contribution in [1.82, 2.24) is 9.78 Å². The topological polar surface area (TPSA) is 73.6 Å². The third-order valence-corrected chi connectivity index (χ3v) is 3.76. The van der Waals surface area contributed by atoms with E-state index in [9.17, 15) is 9.90 Å². The van der Waals surface area contributed by atoms with E-state index >= 15 is 0 Å². The normalized spacial score (nSPS) is 12.3. The van der Waals surface area contributed by atoms with E-state index in [-0.39, 0.29) is 5.97 Å². The highest BCUT2D eigenvalue weighted by Gasteiger charge is 2.35. The molecule has 1 aromatic heterocycles. The van der Waals surface area contributed by atoms with Gasteiger partial charge < -0.3 is 14.5 Å². The highest BCUT2D eigenvalue weighted by molar-refractivity contribution is 6.46. The molecule has 0 radical (unpaired) electrons. The van der Waals surface area contributed by atoms with Crippen molar-refractivity contribution in [2.45, 2.75) is 58.3 Å². The van der Waals surface area contributed by atoms with Crippen molar-refractivity contribution in [2.24, 2.45) is 0 Å². The lowest BCUT2D eigenvalue weighted by molar-refractivity contribution is -0.140. The average Bonchev–Trinajstić information content (AvgIpc) is 2.83. The quantitative estimate of drug-likeness (QED) is 0.554. The molecule has 0 aromatic carbocycles. The van der Waals surface area contributed by atoms with E-state index in [1.807, 2.05) is 20.0 Å². The summed E-state index contributed by atoms with van der Waals surface area (Å²) in [6.45, 7) is 7.82. The molecule has 0 fully saturated rings. The predicted octanol–water partition coefficient (Wildman–Crippen LogP) is 0.379. The van der Waals surface area contributed by atoms with Gasteiger partial charge in [0.2, 0.25) is 0 Å². The highest BCUT2D eigenvalue weighted by Crippen LogP contribution is 2.24. The number of hydrogen-bond donors (Lipinski definition) is 1. The lowest BCUT2D eigenvalue weighted by Crippen LogP contribution is -2.49. The van der Waals surface area contributed by atoms with Crippen molar-refractivity contribution in [2.75, 3.05) is 7.11 Å². The number of aliphatic hydroxyl groups is 1. The van der Waals surface area contributed by atoms with Crippen LogP contribution in [0.1, 0.15) is 40.5 Å². The molecule has 0 saturated heterocycles. The van der Waals surface area contributed by atoms with Crippen LogP contribution >= 0.6 is 0 Å². The summed E-state index contributed by atoms with van der Waals surface area (Å²) in [6, 6.07) is 0. The fourth-order valence-corrected chi connectivity index (χ4v) is 1.53. The maximum absolute atomic E-state index is 11.0. The number of methoxy groups -OCH3 is 1. The van der Waals surface area contributed by atoms with Crippen LogP contribution in [0.2, 0.25) is 0 Å². The van der Waals surface area contributed by atoms with Crippen LogP contribution in [0.15, 0.2) is 12.4 Å². The Morgan fingerprint density at radius 3 is 2.67 bits per heavy atom. The molecule has 0 amide bonds. The first-order valence-corrected chi connectivity index (χ1v) is 7.10. The van der Waals surface area contributed by atoms with Gasteiger partial charge in [-0.25, -0.2) is 0 Å². The molecule has 1 heterocycles. The number of aromatic nitrogens is 2. The molecule has 6 nitrogen and oxygen atoms in total. The molecule has 1 rings (SSSR count). The SMILES string of the molecule is COC(=O)CCCn1cc(BOC(C)(C)C(C)(C)O)cn1. The van der Waals surface area contributed by atoms with Gasteiger partial charge in [0.15, 0.2) is 0 Å². The number of hydrogen-bond acceptors (Lipinski definition) is 5. The Hall–Kier alpha value is -1.34. The molecule has 0 bridgehead atoms. The van der Waals surface area contributed by atoms with E-state index in [1.165, 1.54) is 7.11 Å². The van der Waals surface area contributed by atoms with E-state index in [4.69, 9.17) is 4.65 Å². The van der Waals surface area contributed by atoms with Crippen LogP contribution < -0.4 is 5.46 Å². The fraction of sp³-hybridized carbons (Fsp3) is 0.714. The average molecular weight is 296 g/mol. The van der Waals surface area contributed by atoms with Crippen LogP contribution in [0.5, 0.6) is 0 Å². The van der Waals surface area contributed by atoms with Gasteiger partial charge in [0.1, 0.15) is 0 Å². The molecule has 0 spiro atoms. The molecule has 1 N–H and O–H groups in total. The van der Waals surface area contributed by atoms with Crippen molar-refractivity contribution in [3.05, 3.63) is 12.4 Å². The van der Waals surface area contributed by atoms with Gasteiger partial charge in [0.25, 0.3) is 0 Å². The summed E-state index contributed by atoms with van der Waals surface area (Å²) in [6.07, 6.45) is 4.69. The second kappa shape index (κ2) is 7.09. The summed E-state index contributed by atoms with van der Waals surface area (Å²) in [5, 5.41) is 14.3. The minimum Gasteiger partial charge on any atom is -0.469 e. The predicted molar refractivity (Wildman–Crippen MR) is 81.7 cm³/mol. The van der Waals surface area contributed by atoms with Gasteiger partial charge in [-0.1, -0.05) is 0 Å². The first-order valence-electron chi connectivity index (χ1n) is 7.10. The minimum atomic E-state index is -0.927. The van der Waals surface area contributed by atoms with Gasteiger partial charge in [-0.2, -0.15) is 5.10 Å². The second-order valence-electron chi connectivity index (χ2n) is 6.15. The van der Waals surface area contributed by atoms with Gasteiger partial charge >= 0.3 is 13.5 Å². The highest BCUT2D eigenvalue weighted by atomic mass is 16.5. The Bertz CT molecular complexity index is 466. The van der Waals surface area contributed by atoms with Gasteiger partial charge in [0.05, 0.1) is 18.3 Å². The van der Waals surface area contributed by atoms with Crippen LogP contribution in [0, 0.1) is 0 Å². The summed E-state index contributed by atoms with van der Waals surface area (Å²) >= 11 is 0. The molecule has 0 aliphatic heterocycles. The molecular formula is C14H25BN2O4. The molecule has 0 aliphatic carbocycles. The maximum atomic E-state index is 11.0. The molecule has 0 aliphatic rings. The molecular weight excluding hydrogens is 271 g/mol. The van der Waals surface area contributed by atoms with Crippen LogP contribution in [0.25, 0.3) is 0 Å². The number of esters is 1. The van der Waals surface area contributed by atoms with Crippen molar-refractivity contribution in [1.29, 1.82) is 0 Å².